The van der Waals surface area contributed by atoms with E-state index < -0.39 is 11.6 Å². The van der Waals surface area contributed by atoms with Crippen molar-refractivity contribution in [2.45, 2.75) is 51.2 Å². The standard InChI is InChI=1S/C23H26N8O3/c1-22(2,33)11-31-10-14(18-19(24)26-12-27-20(18)31)13-4-5-16(25-9-13)28-21(32)29-17-8-15(30-34-17)23(3)6-7-23/h4-5,8-10,12,33H,6-7,11H2,1-3H3,(H2,24,26,27)(H2,25,28,29,32). The average Bonchev–Trinajstić information content (AvgIpc) is 3.17. The summed E-state index contributed by atoms with van der Waals surface area (Å²) in [4.78, 5) is 25.2. The molecule has 0 bridgehead atoms. The number of fused-ring (bicyclic) bond motifs is 1. The highest BCUT2D eigenvalue weighted by atomic mass is 16.5. The molecule has 0 atom stereocenters. The predicted octanol–water partition coefficient (Wildman–Crippen LogP) is 3.53. The summed E-state index contributed by atoms with van der Waals surface area (Å²) in [5.41, 5.74) is 8.28. The van der Waals surface area contributed by atoms with Crippen molar-refractivity contribution in [3.8, 4) is 11.1 Å². The highest BCUT2D eigenvalue weighted by Gasteiger charge is 2.42. The number of anilines is 3. The van der Waals surface area contributed by atoms with Crippen LogP contribution in [-0.4, -0.2) is 41.4 Å². The van der Waals surface area contributed by atoms with E-state index in [1.807, 2.05) is 16.8 Å². The predicted molar refractivity (Wildman–Crippen MR) is 127 cm³/mol. The van der Waals surface area contributed by atoms with Crippen molar-refractivity contribution >= 4 is 34.6 Å². The zero-order chi connectivity index (χ0) is 24.1. The molecule has 0 unspecified atom stereocenters. The van der Waals surface area contributed by atoms with Crippen molar-refractivity contribution in [1.82, 2.24) is 24.7 Å². The van der Waals surface area contributed by atoms with Crippen LogP contribution in [0.1, 0.15) is 39.3 Å². The van der Waals surface area contributed by atoms with E-state index in [0.717, 1.165) is 29.7 Å². The second kappa shape index (κ2) is 7.80. The third-order valence-corrected chi connectivity index (χ3v) is 5.92. The molecule has 11 nitrogen and oxygen atoms in total. The van der Waals surface area contributed by atoms with Crippen molar-refractivity contribution in [3.05, 3.63) is 42.6 Å². The lowest BCUT2D eigenvalue weighted by Crippen LogP contribution is -2.25. The lowest BCUT2D eigenvalue weighted by molar-refractivity contribution is 0.0627. The van der Waals surface area contributed by atoms with Crippen LogP contribution in [0.3, 0.4) is 0 Å². The minimum atomic E-state index is -0.942. The van der Waals surface area contributed by atoms with E-state index in [1.54, 1.807) is 32.2 Å². The summed E-state index contributed by atoms with van der Waals surface area (Å²) < 4.78 is 7.06. The normalized spacial score (nSPS) is 14.8. The zero-order valence-electron chi connectivity index (χ0n) is 19.2. The first kappa shape index (κ1) is 21.8. The summed E-state index contributed by atoms with van der Waals surface area (Å²) in [5.74, 6) is 0.981. The van der Waals surface area contributed by atoms with Gasteiger partial charge in [0.15, 0.2) is 0 Å². The van der Waals surface area contributed by atoms with Gasteiger partial charge in [0, 0.05) is 35.0 Å². The molecule has 5 rings (SSSR count). The molecule has 0 aliphatic heterocycles. The molecule has 11 heteroatoms. The molecule has 4 heterocycles. The Labute approximate surface area is 195 Å². The molecule has 4 aromatic heterocycles. The van der Waals surface area contributed by atoms with Gasteiger partial charge in [-0.1, -0.05) is 12.1 Å². The number of pyridine rings is 1. The third-order valence-electron chi connectivity index (χ3n) is 5.92. The van der Waals surface area contributed by atoms with E-state index in [-0.39, 0.29) is 11.3 Å². The number of carbonyl (C=O) groups is 1. The number of nitrogens with one attached hydrogen (secondary N) is 2. The second-order valence-corrected chi connectivity index (χ2v) is 9.59. The van der Waals surface area contributed by atoms with Crippen LogP contribution in [0, 0.1) is 0 Å². The fourth-order valence-electron chi connectivity index (χ4n) is 3.85. The highest BCUT2D eigenvalue weighted by molar-refractivity contribution is 6.01. The van der Waals surface area contributed by atoms with Gasteiger partial charge in [-0.25, -0.2) is 19.7 Å². The van der Waals surface area contributed by atoms with Gasteiger partial charge in [-0.05, 0) is 38.8 Å². The molecule has 1 saturated carbocycles. The summed E-state index contributed by atoms with van der Waals surface area (Å²) in [6.07, 6.45) is 7.03. The van der Waals surface area contributed by atoms with E-state index in [4.69, 9.17) is 10.3 Å². The van der Waals surface area contributed by atoms with Gasteiger partial charge in [-0.15, -0.1) is 0 Å². The molecule has 0 aromatic carbocycles. The van der Waals surface area contributed by atoms with E-state index in [9.17, 15) is 9.90 Å². The Kier molecular flexibility index (Phi) is 5.01. The summed E-state index contributed by atoms with van der Waals surface area (Å²) in [6, 6.07) is 4.77. The Bertz CT molecular complexity index is 1360. The number of nitrogen functional groups attached to an aromatic ring is 1. The van der Waals surface area contributed by atoms with E-state index >= 15 is 0 Å². The van der Waals surface area contributed by atoms with Gasteiger partial charge in [-0.2, -0.15) is 0 Å². The molecule has 176 valence electrons. The maximum atomic E-state index is 12.4. The first-order valence-electron chi connectivity index (χ1n) is 10.9. The van der Waals surface area contributed by atoms with Crippen molar-refractivity contribution in [1.29, 1.82) is 0 Å². The number of urea groups is 1. The Morgan fingerprint density at radius 3 is 2.74 bits per heavy atom. The van der Waals surface area contributed by atoms with Crippen molar-refractivity contribution in [2.24, 2.45) is 0 Å². The quantitative estimate of drug-likeness (QED) is 0.339. The number of aliphatic hydroxyl groups is 1. The number of nitrogens with zero attached hydrogens (tertiary/aromatic N) is 5. The minimum Gasteiger partial charge on any atom is -0.389 e. The second-order valence-electron chi connectivity index (χ2n) is 9.59. The molecule has 0 spiro atoms. The van der Waals surface area contributed by atoms with Gasteiger partial charge in [0.2, 0.25) is 5.88 Å². The maximum Gasteiger partial charge on any atom is 0.327 e. The van der Waals surface area contributed by atoms with E-state index in [0.29, 0.717) is 29.2 Å². The van der Waals surface area contributed by atoms with Gasteiger partial charge in [0.1, 0.15) is 23.6 Å². The fourth-order valence-corrected chi connectivity index (χ4v) is 3.85. The Hall–Kier alpha value is -3.99. The molecule has 0 radical (unpaired) electrons. The number of amides is 2. The molecule has 2 amide bonds. The van der Waals surface area contributed by atoms with Crippen LogP contribution >= 0.6 is 0 Å². The highest BCUT2D eigenvalue weighted by Crippen LogP contribution is 2.47. The topological polar surface area (TPSA) is 157 Å². The van der Waals surface area contributed by atoms with Crippen LogP contribution < -0.4 is 16.4 Å². The number of rotatable bonds is 6. The molecule has 4 aromatic rings. The summed E-state index contributed by atoms with van der Waals surface area (Å²) in [6.45, 7) is 5.89. The number of aromatic nitrogens is 5. The van der Waals surface area contributed by atoms with Crippen LogP contribution in [0.15, 0.2) is 41.4 Å². The molecule has 1 fully saturated rings. The summed E-state index contributed by atoms with van der Waals surface area (Å²) in [7, 11) is 0. The molecular weight excluding hydrogens is 436 g/mol. The van der Waals surface area contributed by atoms with Gasteiger partial charge >= 0.3 is 6.03 Å². The zero-order valence-corrected chi connectivity index (χ0v) is 19.2. The Balaban J connectivity index is 1.34. The van der Waals surface area contributed by atoms with E-state index in [2.05, 4.69) is 37.7 Å². The van der Waals surface area contributed by atoms with Crippen LogP contribution in [0.25, 0.3) is 22.2 Å². The van der Waals surface area contributed by atoms with Crippen molar-refractivity contribution < 1.29 is 14.4 Å². The molecule has 1 aliphatic rings. The Morgan fingerprint density at radius 2 is 2.06 bits per heavy atom. The van der Waals surface area contributed by atoms with Crippen LogP contribution in [-0.2, 0) is 12.0 Å². The number of hydrogen-bond acceptors (Lipinski definition) is 8. The van der Waals surface area contributed by atoms with Gasteiger partial charge < -0.3 is 19.9 Å². The van der Waals surface area contributed by atoms with Crippen molar-refractivity contribution in [2.75, 3.05) is 16.4 Å². The van der Waals surface area contributed by atoms with Crippen LogP contribution in [0.2, 0.25) is 0 Å². The smallest absolute Gasteiger partial charge is 0.327 e. The molecule has 0 saturated heterocycles. The van der Waals surface area contributed by atoms with E-state index in [1.165, 1.54) is 6.33 Å². The molecular formula is C23H26N8O3. The first-order valence-corrected chi connectivity index (χ1v) is 10.9. The minimum absolute atomic E-state index is 0.0573. The summed E-state index contributed by atoms with van der Waals surface area (Å²) in [5, 5.41) is 20.3. The lowest BCUT2D eigenvalue weighted by atomic mass is 10.1. The van der Waals surface area contributed by atoms with Gasteiger partial charge in [0.25, 0.3) is 0 Å². The monoisotopic (exact) mass is 462 g/mol. The first-order chi connectivity index (χ1) is 16.1. The molecule has 5 N–H and O–H groups in total. The maximum absolute atomic E-state index is 12.4. The summed E-state index contributed by atoms with van der Waals surface area (Å²) >= 11 is 0. The number of hydrogen-bond donors (Lipinski definition) is 4. The largest absolute Gasteiger partial charge is 0.389 e. The van der Waals surface area contributed by atoms with Crippen LogP contribution in [0.4, 0.5) is 22.3 Å². The number of carbonyl (C=O) groups excluding carboxylic acids is 1. The fraction of sp³-hybridized carbons (Fsp3) is 0.348. The molecule has 34 heavy (non-hydrogen) atoms. The Morgan fingerprint density at radius 1 is 1.26 bits per heavy atom. The van der Waals surface area contributed by atoms with Crippen LogP contribution in [0.5, 0.6) is 0 Å². The lowest BCUT2D eigenvalue weighted by Gasteiger charge is -2.18. The third kappa shape index (κ3) is 4.29. The van der Waals surface area contributed by atoms with Gasteiger partial charge in [0.05, 0.1) is 23.2 Å². The van der Waals surface area contributed by atoms with Crippen molar-refractivity contribution in [3.63, 3.8) is 0 Å². The molecule has 1 aliphatic carbocycles. The SMILES string of the molecule is CC(C)(O)Cn1cc(-c2ccc(NC(=O)Nc3cc(C4(C)CC4)no3)nc2)c2c(N)ncnc21. The average molecular weight is 463 g/mol. The number of nitrogens with two attached hydrogens (primary N) is 1. The van der Waals surface area contributed by atoms with Gasteiger partial charge in [-0.3, -0.25) is 10.6 Å².